The van der Waals surface area contributed by atoms with E-state index in [1.165, 1.54) is 24.0 Å². The second kappa shape index (κ2) is 5.33. The molecule has 0 bridgehead atoms. The summed E-state index contributed by atoms with van der Waals surface area (Å²) >= 11 is 0. The fourth-order valence-electron chi connectivity index (χ4n) is 2.47. The molecule has 0 radical (unpaired) electrons. The van der Waals surface area contributed by atoms with Gasteiger partial charge in [-0.1, -0.05) is 18.2 Å². The number of carbonyl (C=O) groups is 1. The highest BCUT2D eigenvalue weighted by Gasteiger charge is 2.26. The quantitative estimate of drug-likeness (QED) is 0.900. The molecule has 1 N–H and O–H groups in total. The predicted molar refractivity (Wildman–Crippen MR) is 76.1 cm³/mol. The molecule has 0 saturated carbocycles. The number of aliphatic hydroxyl groups excluding tert-OH is 1. The third kappa shape index (κ3) is 2.98. The summed E-state index contributed by atoms with van der Waals surface area (Å²) in [5.74, 6) is 0.0528. The molecule has 3 heteroatoms. The molecule has 2 rings (SSSR count). The highest BCUT2D eigenvalue weighted by Crippen LogP contribution is 2.23. The van der Waals surface area contributed by atoms with Gasteiger partial charge in [-0.2, -0.15) is 0 Å². The fraction of sp³-hybridized carbons (Fsp3) is 0.562. The highest BCUT2D eigenvalue weighted by molar-refractivity contribution is 5.79. The zero-order chi connectivity index (χ0) is 14.0. The number of benzene rings is 1. The molecule has 1 aliphatic rings. The van der Waals surface area contributed by atoms with E-state index < -0.39 is 5.54 Å². The smallest absolute Gasteiger partial charge is 0.227 e. The maximum Gasteiger partial charge on any atom is 0.227 e. The number of fused-ring (bicyclic) bond motifs is 1. The molecule has 3 nitrogen and oxygen atoms in total. The van der Waals surface area contributed by atoms with E-state index in [0.717, 1.165) is 12.0 Å². The minimum Gasteiger partial charge on any atom is -0.394 e. The Bertz CT molecular complexity index is 480. The average molecular weight is 261 g/mol. The van der Waals surface area contributed by atoms with Crippen LogP contribution in [0.15, 0.2) is 18.2 Å². The van der Waals surface area contributed by atoms with Crippen LogP contribution < -0.4 is 0 Å². The Kier molecular flexibility index (Phi) is 3.95. The second-order valence-corrected chi connectivity index (χ2v) is 6.06. The van der Waals surface area contributed by atoms with Gasteiger partial charge in [0.1, 0.15) is 0 Å². The maximum atomic E-state index is 12.2. The van der Waals surface area contributed by atoms with Gasteiger partial charge in [0.25, 0.3) is 0 Å². The molecule has 1 aliphatic carbocycles. The number of nitrogens with zero attached hydrogens (tertiary/aromatic N) is 1. The number of likely N-dealkylation sites (N-methyl/N-ethyl adjacent to an activating group) is 1. The number of aryl methyl sites for hydroxylation is 2. The summed E-state index contributed by atoms with van der Waals surface area (Å²) in [5.41, 5.74) is 3.40. The van der Waals surface area contributed by atoms with Gasteiger partial charge in [0, 0.05) is 7.05 Å². The standard InChI is InChI=1S/C16H23NO2/c1-16(2,11-18)17(3)15(19)10-12-7-8-13-5-4-6-14(13)9-12/h7-9,18H,4-6,10-11H2,1-3H3. The van der Waals surface area contributed by atoms with Gasteiger partial charge in [-0.25, -0.2) is 0 Å². The van der Waals surface area contributed by atoms with E-state index in [0.29, 0.717) is 6.42 Å². The molecule has 0 fully saturated rings. The van der Waals surface area contributed by atoms with Crippen LogP contribution in [-0.2, 0) is 24.1 Å². The lowest BCUT2D eigenvalue weighted by Gasteiger charge is -2.34. The van der Waals surface area contributed by atoms with Gasteiger partial charge in [-0.05, 0) is 49.8 Å². The van der Waals surface area contributed by atoms with Crippen molar-refractivity contribution in [3.05, 3.63) is 34.9 Å². The predicted octanol–water partition coefficient (Wildman–Crippen LogP) is 1.95. The van der Waals surface area contributed by atoms with Crippen LogP contribution in [0.1, 0.15) is 37.0 Å². The molecule has 1 aromatic carbocycles. The first-order valence-corrected chi connectivity index (χ1v) is 6.92. The van der Waals surface area contributed by atoms with Gasteiger partial charge in [0.15, 0.2) is 0 Å². The molecular weight excluding hydrogens is 238 g/mol. The highest BCUT2D eigenvalue weighted by atomic mass is 16.3. The largest absolute Gasteiger partial charge is 0.394 e. The van der Waals surface area contributed by atoms with Crippen molar-refractivity contribution in [2.45, 2.75) is 45.1 Å². The Labute approximate surface area is 115 Å². The molecule has 0 unspecified atom stereocenters. The lowest BCUT2D eigenvalue weighted by Crippen LogP contribution is -2.48. The number of hydrogen-bond acceptors (Lipinski definition) is 2. The zero-order valence-electron chi connectivity index (χ0n) is 12.1. The van der Waals surface area contributed by atoms with E-state index in [4.69, 9.17) is 0 Å². The number of carbonyl (C=O) groups excluding carboxylic acids is 1. The van der Waals surface area contributed by atoms with E-state index >= 15 is 0 Å². The van der Waals surface area contributed by atoms with Gasteiger partial charge in [-0.3, -0.25) is 4.79 Å². The molecule has 0 aliphatic heterocycles. The Hall–Kier alpha value is -1.35. The monoisotopic (exact) mass is 261 g/mol. The van der Waals surface area contributed by atoms with Crippen LogP contribution in [0.2, 0.25) is 0 Å². The molecule has 0 aromatic heterocycles. The number of amides is 1. The van der Waals surface area contributed by atoms with Gasteiger partial charge in [0.2, 0.25) is 5.91 Å². The van der Waals surface area contributed by atoms with Gasteiger partial charge < -0.3 is 10.0 Å². The van der Waals surface area contributed by atoms with Crippen LogP contribution in [0.4, 0.5) is 0 Å². The van der Waals surface area contributed by atoms with Gasteiger partial charge >= 0.3 is 0 Å². The van der Waals surface area contributed by atoms with Crippen molar-refractivity contribution >= 4 is 5.91 Å². The van der Waals surface area contributed by atoms with Crippen LogP contribution in [0.3, 0.4) is 0 Å². The first-order valence-electron chi connectivity index (χ1n) is 6.92. The summed E-state index contributed by atoms with van der Waals surface area (Å²) in [7, 11) is 1.76. The summed E-state index contributed by atoms with van der Waals surface area (Å²) < 4.78 is 0. The van der Waals surface area contributed by atoms with E-state index in [-0.39, 0.29) is 12.5 Å². The van der Waals surface area contributed by atoms with Crippen molar-refractivity contribution in [3.8, 4) is 0 Å². The van der Waals surface area contributed by atoms with Crippen molar-refractivity contribution in [3.63, 3.8) is 0 Å². The van der Waals surface area contributed by atoms with E-state index in [1.54, 1.807) is 11.9 Å². The summed E-state index contributed by atoms with van der Waals surface area (Å²) in [6.45, 7) is 3.71. The molecule has 1 amide bonds. The lowest BCUT2D eigenvalue weighted by molar-refractivity contribution is -0.135. The normalized spacial score (nSPS) is 14.3. The third-order valence-electron chi connectivity index (χ3n) is 4.19. The molecule has 1 aromatic rings. The molecule has 0 spiro atoms. The molecular formula is C16H23NO2. The van der Waals surface area contributed by atoms with Crippen molar-refractivity contribution in [1.29, 1.82) is 0 Å². The topological polar surface area (TPSA) is 40.5 Å². The van der Waals surface area contributed by atoms with Crippen LogP contribution in [-0.4, -0.2) is 35.1 Å². The number of aliphatic hydroxyl groups is 1. The van der Waals surface area contributed by atoms with Crippen molar-refractivity contribution in [2.24, 2.45) is 0 Å². The van der Waals surface area contributed by atoms with Crippen LogP contribution in [0.25, 0.3) is 0 Å². The Morgan fingerprint density at radius 2 is 2.00 bits per heavy atom. The van der Waals surface area contributed by atoms with Crippen LogP contribution >= 0.6 is 0 Å². The van der Waals surface area contributed by atoms with Crippen LogP contribution in [0.5, 0.6) is 0 Å². The zero-order valence-corrected chi connectivity index (χ0v) is 12.1. The summed E-state index contributed by atoms with van der Waals surface area (Å²) in [5, 5.41) is 9.31. The van der Waals surface area contributed by atoms with Crippen LogP contribution in [0, 0.1) is 0 Å². The molecule has 0 saturated heterocycles. The minimum absolute atomic E-state index is 0.0283. The Balaban J connectivity index is 2.07. The number of hydrogen-bond donors (Lipinski definition) is 1. The summed E-state index contributed by atoms with van der Waals surface area (Å²) in [6, 6.07) is 6.38. The van der Waals surface area contributed by atoms with E-state index in [1.807, 2.05) is 13.8 Å². The van der Waals surface area contributed by atoms with E-state index in [9.17, 15) is 9.90 Å². The third-order valence-corrected chi connectivity index (χ3v) is 4.19. The molecule has 19 heavy (non-hydrogen) atoms. The molecule has 0 atom stereocenters. The van der Waals surface area contributed by atoms with Gasteiger partial charge in [0.05, 0.1) is 18.6 Å². The Morgan fingerprint density at radius 1 is 1.32 bits per heavy atom. The maximum absolute atomic E-state index is 12.2. The van der Waals surface area contributed by atoms with Crippen molar-refractivity contribution in [1.82, 2.24) is 4.90 Å². The fourth-order valence-corrected chi connectivity index (χ4v) is 2.47. The van der Waals surface area contributed by atoms with Gasteiger partial charge in [-0.15, -0.1) is 0 Å². The SMILES string of the molecule is CN(C(=O)Cc1ccc2c(c1)CCC2)C(C)(C)CO. The van der Waals surface area contributed by atoms with Crippen molar-refractivity contribution < 1.29 is 9.90 Å². The summed E-state index contributed by atoms with van der Waals surface area (Å²) in [6.07, 6.45) is 3.94. The second-order valence-electron chi connectivity index (χ2n) is 6.06. The first kappa shape index (κ1) is 14.1. The summed E-state index contributed by atoms with van der Waals surface area (Å²) in [4.78, 5) is 13.9. The first-order chi connectivity index (χ1) is 8.94. The molecule has 104 valence electrons. The Morgan fingerprint density at radius 3 is 2.68 bits per heavy atom. The minimum atomic E-state index is -0.506. The average Bonchev–Trinajstić information content (AvgIpc) is 2.85. The van der Waals surface area contributed by atoms with Crippen molar-refractivity contribution in [2.75, 3.05) is 13.7 Å². The number of rotatable bonds is 4. The van der Waals surface area contributed by atoms with E-state index in [2.05, 4.69) is 18.2 Å². The lowest BCUT2D eigenvalue weighted by atomic mass is 10.0. The molecule has 0 heterocycles.